The van der Waals surface area contributed by atoms with E-state index >= 15 is 0 Å². The molecule has 5 nitrogen and oxygen atoms in total. The van der Waals surface area contributed by atoms with Crippen LogP contribution in [0.15, 0.2) is 24.3 Å². The van der Waals surface area contributed by atoms with Gasteiger partial charge in [0.1, 0.15) is 0 Å². The highest BCUT2D eigenvalue weighted by atomic mass is 16.1. The topological polar surface area (TPSA) is 50.2 Å². The lowest BCUT2D eigenvalue weighted by molar-refractivity contribution is -0.120. The number of hydrogen-bond donors (Lipinski definition) is 1. The Kier molecular flexibility index (Phi) is 7.70. The first-order valence-electron chi connectivity index (χ1n) is 11.4. The summed E-state index contributed by atoms with van der Waals surface area (Å²) in [6.45, 7) is 15.6. The van der Waals surface area contributed by atoms with E-state index in [1.807, 2.05) is 11.6 Å². The zero-order valence-electron chi connectivity index (χ0n) is 19.4. The molecule has 3 rings (SSSR count). The van der Waals surface area contributed by atoms with Gasteiger partial charge in [0, 0.05) is 37.4 Å². The molecule has 0 saturated carbocycles. The number of amides is 1. The molecule has 1 fully saturated rings. The fourth-order valence-corrected chi connectivity index (χ4v) is 4.39. The standard InChI is InChI=1S/C25H38N4O/c1-18(2)15-29-21(5)24(20(4)27-29)13-25(30)26-14-22-8-10-23(11-9-22)17-28-12-6-7-19(3)16-28/h8-11,18-19H,6-7,12-17H2,1-5H3,(H,26,30). The minimum Gasteiger partial charge on any atom is -0.352 e. The second-order valence-electron chi connectivity index (χ2n) is 9.48. The fourth-order valence-electron chi connectivity index (χ4n) is 4.39. The molecule has 1 saturated heterocycles. The van der Waals surface area contributed by atoms with Gasteiger partial charge in [-0.2, -0.15) is 5.10 Å². The van der Waals surface area contributed by atoms with E-state index in [2.05, 4.69) is 67.3 Å². The molecule has 164 valence electrons. The van der Waals surface area contributed by atoms with Crippen molar-refractivity contribution < 1.29 is 4.79 Å². The summed E-state index contributed by atoms with van der Waals surface area (Å²) in [6.07, 6.45) is 3.05. The van der Waals surface area contributed by atoms with E-state index in [9.17, 15) is 4.79 Å². The lowest BCUT2D eigenvalue weighted by atomic mass is 9.99. The minimum absolute atomic E-state index is 0.0525. The smallest absolute Gasteiger partial charge is 0.224 e. The molecule has 1 atom stereocenters. The number of nitrogens with zero attached hydrogens (tertiary/aromatic N) is 3. The molecule has 1 N–H and O–H groups in total. The van der Waals surface area contributed by atoms with Crippen molar-refractivity contribution in [3.63, 3.8) is 0 Å². The van der Waals surface area contributed by atoms with Crippen LogP contribution in [0.3, 0.4) is 0 Å². The van der Waals surface area contributed by atoms with Crippen LogP contribution in [-0.2, 0) is 30.8 Å². The molecule has 0 spiro atoms. The summed E-state index contributed by atoms with van der Waals surface area (Å²) in [5, 5.41) is 7.69. The van der Waals surface area contributed by atoms with Crippen LogP contribution < -0.4 is 5.32 Å². The summed E-state index contributed by atoms with van der Waals surface area (Å²) in [7, 11) is 0. The first-order valence-corrected chi connectivity index (χ1v) is 11.4. The second kappa shape index (κ2) is 10.3. The van der Waals surface area contributed by atoms with E-state index in [1.54, 1.807) is 0 Å². The number of hydrogen-bond acceptors (Lipinski definition) is 3. The molecule has 1 unspecified atom stereocenters. The first-order chi connectivity index (χ1) is 14.3. The number of benzene rings is 1. The van der Waals surface area contributed by atoms with Crippen molar-refractivity contribution in [2.75, 3.05) is 13.1 Å². The van der Waals surface area contributed by atoms with E-state index < -0.39 is 0 Å². The number of piperidine rings is 1. The molecule has 0 aliphatic carbocycles. The molecule has 1 aromatic heterocycles. The van der Waals surface area contributed by atoms with Crippen LogP contribution in [0.2, 0.25) is 0 Å². The Hall–Kier alpha value is -2.14. The van der Waals surface area contributed by atoms with Gasteiger partial charge in [-0.15, -0.1) is 0 Å². The molecular formula is C25H38N4O. The number of carbonyl (C=O) groups is 1. The molecule has 2 aromatic rings. The highest BCUT2D eigenvalue weighted by Crippen LogP contribution is 2.18. The maximum Gasteiger partial charge on any atom is 0.224 e. The number of likely N-dealkylation sites (tertiary alicyclic amines) is 1. The quantitative estimate of drug-likeness (QED) is 0.708. The Balaban J connectivity index is 1.49. The van der Waals surface area contributed by atoms with Crippen LogP contribution in [0.5, 0.6) is 0 Å². The van der Waals surface area contributed by atoms with Crippen molar-refractivity contribution >= 4 is 5.91 Å². The number of nitrogens with one attached hydrogen (secondary N) is 1. The molecular weight excluding hydrogens is 372 g/mol. The number of aryl methyl sites for hydroxylation is 1. The van der Waals surface area contributed by atoms with Gasteiger partial charge in [-0.25, -0.2) is 0 Å². The van der Waals surface area contributed by atoms with Crippen molar-refractivity contribution in [3.8, 4) is 0 Å². The van der Waals surface area contributed by atoms with Gasteiger partial charge in [-0.3, -0.25) is 14.4 Å². The van der Waals surface area contributed by atoms with Crippen LogP contribution in [0.1, 0.15) is 61.7 Å². The Bertz CT molecular complexity index is 838. The van der Waals surface area contributed by atoms with Crippen molar-refractivity contribution in [1.29, 1.82) is 0 Å². The van der Waals surface area contributed by atoms with Crippen molar-refractivity contribution in [1.82, 2.24) is 20.0 Å². The molecule has 1 aromatic carbocycles. The molecule has 1 amide bonds. The summed E-state index contributed by atoms with van der Waals surface area (Å²) >= 11 is 0. The Labute approximate surface area is 181 Å². The predicted molar refractivity (Wildman–Crippen MR) is 122 cm³/mol. The van der Waals surface area contributed by atoms with Gasteiger partial charge in [-0.05, 0) is 56.2 Å². The van der Waals surface area contributed by atoms with E-state index in [4.69, 9.17) is 0 Å². The summed E-state index contributed by atoms with van der Waals surface area (Å²) in [6, 6.07) is 8.68. The summed E-state index contributed by atoms with van der Waals surface area (Å²) in [4.78, 5) is 15.1. The van der Waals surface area contributed by atoms with Crippen molar-refractivity contribution in [2.45, 2.75) is 73.5 Å². The number of rotatable bonds is 8. The van der Waals surface area contributed by atoms with E-state index in [0.717, 1.165) is 41.5 Å². The van der Waals surface area contributed by atoms with Gasteiger partial charge in [0.25, 0.3) is 0 Å². The van der Waals surface area contributed by atoms with Gasteiger partial charge < -0.3 is 5.32 Å². The van der Waals surface area contributed by atoms with Gasteiger partial charge in [-0.1, -0.05) is 45.0 Å². The normalized spacial score (nSPS) is 17.5. The Morgan fingerprint density at radius 2 is 1.90 bits per heavy atom. The van der Waals surface area contributed by atoms with E-state index in [-0.39, 0.29) is 5.91 Å². The van der Waals surface area contributed by atoms with Crippen LogP contribution in [0, 0.1) is 25.7 Å². The van der Waals surface area contributed by atoms with Crippen LogP contribution in [0.4, 0.5) is 0 Å². The first kappa shape index (κ1) is 22.5. The maximum absolute atomic E-state index is 12.5. The molecule has 0 radical (unpaired) electrons. The molecule has 30 heavy (non-hydrogen) atoms. The van der Waals surface area contributed by atoms with Gasteiger partial charge >= 0.3 is 0 Å². The zero-order valence-corrected chi connectivity index (χ0v) is 19.4. The highest BCUT2D eigenvalue weighted by Gasteiger charge is 2.17. The second-order valence-corrected chi connectivity index (χ2v) is 9.48. The minimum atomic E-state index is 0.0525. The van der Waals surface area contributed by atoms with Crippen molar-refractivity contribution in [2.24, 2.45) is 11.8 Å². The third-order valence-electron chi connectivity index (χ3n) is 6.07. The van der Waals surface area contributed by atoms with Crippen molar-refractivity contribution in [3.05, 3.63) is 52.3 Å². The third-order valence-corrected chi connectivity index (χ3v) is 6.07. The van der Waals surface area contributed by atoms with E-state index in [0.29, 0.717) is 18.9 Å². The molecule has 0 bridgehead atoms. The summed E-state index contributed by atoms with van der Waals surface area (Å²) in [5.41, 5.74) is 5.61. The predicted octanol–water partition coefficient (Wildman–Crippen LogP) is 4.25. The van der Waals surface area contributed by atoms with Crippen LogP contribution in [-0.4, -0.2) is 33.7 Å². The maximum atomic E-state index is 12.5. The molecule has 1 aliphatic rings. The van der Waals surface area contributed by atoms with E-state index in [1.165, 1.54) is 31.5 Å². The van der Waals surface area contributed by atoms with Crippen LogP contribution in [0.25, 0.3) is 0 Å². The number of aromatic nitrogens is 2. The molecule has 5 heteroatoms. The molecule has 2 heterocycles. The summed E-state index contributed by atoms with van der Waals surface area (Å²) < 4.78 is 2.03. The van der Waals surface area contributed by atoms with Gasteiger partial charge in [0.2, 0.25) is 5.91 Å². The Morgan fingerprint density at radius 1 is 1.20 bits per heavy atom. The lowest BCUT2D eigenvalue weighted by Gasteiger charge is -2.30. The lowest BCUT2D eigenvalue weighted by Crippen LogP contribution is -2.33. The average Bonchev–Trinajstić information content (AvgIpc) is 2.94. The van der Waals surface area contributed by atoms with Crippen LogP contribution >= 0.6 is 0 Å². The third kappa shape index (κ3) is 6.18. The largest absolute Gasteiger partial charge is 0.352 e. The molecule has 1 aliphatic heterocycles. The zero-order chi connectivity index (χ0) is 21.7. The van der Waals surface area contributed by atoms with Gasteiger partial charge in [0.05, 0.1) is 12.1 Å². The fraction of sp³-hybridized carbons (Fsp3) is 0.600. The Morgan fingerprint density at radius 3 is 2.57 bits per heavy atom. The average molecular weight is 411 g/mol. The summed E-state index contributed by atoms with van der Waals surface area (Å²) in [5.74, 6) is 1.39. The highest BCUT2D eigenvalue weighted by molar-refractivity contribution is 5.79. The number of carbonyl (C=O) groups excluding carboxylic acids is 1. The van der Waals surface area contributed by atoms with Gasteiger partial charge in [0.15, 0.2) is 0 Å². The monoisotopic (exact) mass is 410 g/mol. The SMILES string of the molecule is Cc1nn(CC(C)C)c(C)c1CC(=O)NCc1ccc(CN2CCCC(C)C2)cc1.